The Labute approximate surface area is 265 Å². The first-order valence-corrected chi connectivity index (χ1v) is 15.7. The van der Waals surface area contributed by atoms with E-state index in [-0.39, 0.29) is 30.0 Å². The van der Waals surface area contributed by atoms with Gasteiger partial charge in [0.1, 0.15) is 30.0 Å². The summed E-state index contributed by atoms with van der Waals surface area (Å²) in [6, 6.07) is 34.6. The van der Waals surface area contributed by atoms with Crippen molar-refractivity contribution >= 4 is 17.5 Å². The Balaban J connectivity index is 1.36. The molecular weight excluding hydrogens is 562 g/mol. The van der Waals surface area contributed by atoms with Gasteiger partial charge in [0.2, 0.25) is 5.91 Å². The third kappa shape index (κ3) is 9.05. The van der Waals surface area contributed by atoms with E-state index in [1.165, 1.54) is 5.56 Å². The van der Waals surface area contributed by atoms with E-state index in [9.17, 15) is 14.7 Å². The second kappa shape index (κ2) is 15.7. The van der Waals surface area contributed by atoms with Gasteiger partial charge in [-0.2, -0.15) is 0 Å². The molecule has 0 aliphatic carbocycles. The molecule has 2 N–H and O–H groups in total. The van der Waals surface area contributed by atoms with Crippen molar-refractivity contribution in [2.75, 3.05) is 13.1 Å². The highest BCUT2D eigenvalue weighted by atomic mass is 16.5. The van der Waals surface area contributed by atoms with Gasteiger partial charge in [-0.25, -0.2) is 0 Å². The normalized spacial score (nSPS) is 15.8. The number of ether oxygens (including phenoxy) is 1. The number of benzene rings is 4. The number of hydrogen-bond acceptors (Lipinski definition) is 6. The molecule has 2 unspecified atom stereocenters. The molecule has 1 heterocycles. The van der Waals surface area contributed by atoms with Crippen molar-refractivity contribution in [3.8, 4) is 11.5 Å². The number of carbonyl (C=O) groups is 2. The molecule has 4 aromatic carbocycles. The van der Waals surface area contributed by atoms with Crippen LogP contribution in [0.2, 0.25) is 0 Å². The van der Waals surface area contributed by atoms with Crippen molar-refractivity contribution in [2.45, 2.75) is 57.7 Å². The van der Waals surface area contributed by atoms with Gasteiger partial charge in [0, 0.05) is 19.4 Å². The van der Waals surface area contributed by atoms with E-state index in [1.807, 2.05) is 84.9 Å². The van der Waals surface area contributed by atoms with E-state index in [2.05, 4.69) is 22.3 Å². The van der Waals surface area contributed by atoms with Crippen LogP contribution in [0.1, 0.15) is 42.0 Å². The first-order chi connectivity index (χ1) is 22.0. The van der Waals surface area contributed by atoms with Crippen molar-refractivity contribution in [3.63, 3.8) is 0 Å². The van der Waals surface area contributed by atoms with Crippen molar-refractivity contribution in [2.24, 2.45) is 4.99 Å². The van der Waals surface area contributed by atoms with E-state index in [0.29, 0.717) is 32.4 Å². The molecular formula is C38H41N3O4. The lowest BCUT2D eigenvalue weighted by Crippen LogP contribution is -2.52. The summed E-state index contributed by atoms with van der Waals surface area (Å²) >= 11 is 0. The zero-order valence-corrected chi connectivity index (χ0v) is 25.8. The number of amidine groups is 1. The molecule has 0 bridgehead atoms. The molecule has 5 rings (SSSR count). The summed E-state index contributed by atoms with van der Waals surface area (Å²) < 4.78 is 5.98. The molecule has 0 aromatic heterocycles. The van der Waals surface area contributed by atoms with Crippen LogP contribution in [0, 0.1) is 0 Å². The van der Waals surface area contributed by atoms with Crippen molar-refractivity contribution in [3.05, 3.63) is 131 Å². The molecule has 0 saturated carbocycles. The van der Waals surface area contributed by atoms with Gasteiger partial charge in [-0.3, -0.25) is 14.6 Å². The summed E-state index contributed by atoms with van der Waals surface area (Å²) in [4.78, 5) is 33.2. The minimum absolute atomic E-state index is 0.00570. The molecule has 0 saturated heterocycles. The average molecular weight is 604 g/mol. The number of amides is 1. The van der Waals surface area contributed by atoms with Gasteiger partial charge in [0.15, 0.2) is 5.78 Å². The van der Waals surface area contributed by atoms with Crippen molar-refractivity contribution in [1.82, 2.24) is 10.2 Å². The molecule has 4 aromatic rings. The number of ketones is 1. The van der Waals surface area contributed by atoms with Gasteiger partial charge < -0.3 is 20.1 Å². The zero-order valence-electron chi connectivity index (χ0n) is 25.8. The summed E-state index contributed by atoms with van der Waals surface area (Å²) in [5.74, 6) is 1.57. The molecule has 0 fully saturated rings. The van der Waals surface area contributed by atoms with Gasteiger partial charge in [-0.05, 0) is 65.8 Å². The number of nitrogens with one attached hydrogen (secondary N) is 1. The number of carbonyl (C=O) groups excluding carboxylic acids is 2. The summed E-state index contributed by atoms with van der Waals surface area (Å²) in [6.07, 6.45) is 3.11. The lowest BCUT2D eigenvalue weighted by molar-refractivity contribution is -0.128. The Kier molecular flexibility index (Phi) is 11.0. The molecule has 45 heavy (non-hydrogen) atoms. The summed E-state index contributed by atoms with van der Waals surface area (Å²) in [5.41, 5.74) is 4.30. The number of phenols is 1. The second-order valence-corrected chi connectivity index (χ2v) is 11.4. The minimum Gasteiger partial charge on any atom is -0.508 e. The van der Waals surface area contributed by atoms with E-state index >= 15 is 0 Å². The summed E-state index contributed by atoms with van der Waals surface area (Å²) in [7, 11) is 0. The van der Waals surface area contributed by atoms with Crippen LogP contribution in [0.15, 0.2) is 114 Å². The molecule has 2 atom stereocenters. The molecule has 7 heteroatoms. The van der Waals surface area contributed by atoms with Crippen molar-refractivity contribution < 1.29 is 19.4 Å². The van der Waals surface area contributed by atoms with Gasteiger partial charge in [-0.1, -0.05) is 91.9 Å². The Morgan fingerprint density at radius 1 is 0.844 bits per heavy atom. The third-order valence-electron chi connectivity index (χ3n) is 8.07. The maximum atomic E-state index is 13.8. The van der Waals surface area contributed by atoms with E-state index < -0.39 is 6.04 Å². The van der Waals surface area contributed by atoms with Crippen LogP contribution in [-0.2, 0) is 35.5 Å². The van der Waals surface area contributed by atoms with E-state index in [4.69, 9.17) is 9.73 Å². The Bertz CT molecular complexity index is 1570. The lowest BCUT2D eigenvalue weighted by Gasteiger charge is -2.30. The fraction of sp³-hybridized carbons (Fsp3) is 0.289. The number of Topliss-reactive ketones (excluding diaryl/α,β-unsaturated/α-hetero) is 1. The smallest absolute Gasteiger partial charge is 0.245 e. The van der Waals surface area contributed by atoms with Crippen LogP contribution in [0.4, 0.5) is 0 Å². The quantitative estimate of drug-likeness (QED) is 0.176. The second-order valence-electron chi connectivity index (χ2n) is 11.4. The average Bonchev–Trinajstić information content (AvgIpc) is 3.39. The number of rotatable bonds is 15. The highest BCUT2D eigenvalue weighted by Crippen LogP contribution is 2.26. The first kappa shape index (κ1) is 31.5. The van der Waals surface area contributed by atoms with E-state index in [1.54, 1.807) is 19.1 Å². The maximum absolute atomic E-state index is 13.8. The maximum Gasteiger partial charge on any atom is 0.245 e. The van der Waals surface area contributed by atoms with Crippen LogP contribution in [0.5, 0.6) is 11.5 Å². The number of phenolic OH excluding ortho intramolecular Hbond substituents is 1. The topological polar surface area (TPSA) is 91.2 Å². The lowest BCUT2D eigenvalue weighted by atomic mass is 9.98. The number of hydrogen-bond donors (Lipinski definition) is 2. The standard InChI is InChI=1S/C38H41N3O4/c1-2-32(42)26-39-38(44)37-35(24-29-18-20-34(21-19-29)45-27-30-13-7-4-8-14-30)40-36(25-31-15-9-17-33(43)23-31)41(37)22-10-16-28-11-5-3-6-12-28/h3-9,11-15,17-21,23,35,37,43H,2,10,16,22,24-27H2,1H3,(H,39,44). The van der Waals surface area contributed by atoms with Crippen molar-refractivity contribution in [1.29, 1.82) is 0 Å². The largest absolute Gasteiger partial charge is 0.508 e. The van der Waals surface area contributed by atoms with Crippen LogP contribution >= 0.6 is 0 Å². The molecule has 232 valence electrons. The number of aromatic hydroxyl groups is 1. The van der Waals surface area contributed by atoms with Crippen LogP contribution in [0.25, 0.3) is 0 Å². The molecule has 0 radical (unpaired) electrons. The summed E-state index contributed by atoms with van der Waals surface area (Å²) in [5, 5.41) is 13.0. The SMILES string of the molecule is CCC(=O)CNC(=O)C1C(Cc2ccc(OCc3ccccc3)cc2)N=C(Cc2cccc(O)c2)N1CCCc1ccccc1. The number of nitrogens with zero attached hydrogens (tertiary/aromatic N) is 2. The highest BCUT2D eigenvalue weighted by molar-refractivity contribution is 5.96. The van der Waals surface area contributed by atoms with Gasteiger partial charge in [0.05, 0.1) is 12.6 Å². The Morgan fingerprint density at radius 2 is 1.53 bits per heavy atom. The Morgan fingerprint density at radius 3 is 2.22 bits per heavy atom. The highest BCUT2D eigenvalue weighted by Gasteiger charge is 2.40. The van der Waals surface area contributed by atoms with E-state index in [0.717, 1.165) is 41.1 Å². The molecule has 7 nitrogen and oxygen atoms in total. The minimum atomic E-state index is -0.563. The molecule has 1 aliphatic rings. The van der Waals surface area contributed by atoms with Gasteiger partial charge >= 0.3 is 0 Å². The third-order valence-corrected chi connectivity index (χ3v) is 8.07. The van der Waals surface area contributed by atoms with Crippen LogP contribution < -0.4 is 10.1 Å². The fourth-order valence-electron chi connectivity index (χ4n) is 5.66. The van der Waals surface area contributed by atoms with Gasteiger partial charge in [0.25, 0.3) is 0 Å². The molecule has 1 amide bonds. The zero-order chi connectivity index (χ0) is 31.4. The number of aryl methyl sites for hydroxylation is 1. The monoisotopic (exact) mass is 603 g/mol. The number of aliphatic imine (C=N–C) groups is 1. The first-order valence-electron chi connectivity index (χ1n) is 15.7. The molecule has 0 spiro atoms. The van der Waals surface area contributed by atoms with Crippen LogP contribution in [0.3, 0.4) is 0 Å². The predicted molar refractivity (Wildman–Crippen MR) is 178 cm³/mol. The fourth-order valence-corrected chi connectivity index (χ4v) is 5.66. The van der Waals surface area contributed by atoms with Gasteiger partial charge in [-0.15, -0.1) is 0 Å². The summed E-state index contributed by atoms with van der Waals surface area (Å²) in [6.45, 7) is 2.93. The Hall–Kier alpha value is -4.91. The predicted octanol–water partition coefficient (Wildman–Crippen LogP) is 5.94. The van der Waals surface area contributed by atoms with Crippen LogP contribution in [-0.4, -0.2) is 52.7 Å². The molecule has 1 aliphatic heterocycles.